The van der Waals surface area contributed by atoms with Gasteiger partial charge in [-0.2, -0.15) is 5.10 Å². The number of halogens is 1. The van der Waals surface area contributed by atoms with Gasteiger partial charge in [0.2, 0.25) is 5.91 Å². The first-order valence-corrected chi connectivity index (χ1v) is 7.49. The molecule has 1 aromatic heterocycles. The molecule has 2 unspecified atom stereocenters. The smallest absolute Gasteiger partial charge is 0.224 e. The average molecular weight is 315 g/mol. The fourth-order valence-corrected chi connectivity index (χ4v) is 2.91. The minimum atomic E-state index is 0. The molecule has 2 N–H and O–H groups in total. The number of aromatic nitrogens is 2. The standard InChI is InChI=1S/C15H26N4O.ClH/c1-10(8-14-11(2)18-19(4)12(14)3)17-15(20)13-6-5-7-16-9-13;/h10,13,16H,5-9H2,1-4H3,(H,17,20);1H. The molecule has 1 aromatic rings. The Morgan fingerprint density at radius 2 is 2.24 bits per heavy atom. The third kappa shape index (κ3) is 4.45. The van der Waals surface area contributed by atoms with Crippen LogP contribution in [0, 0.1) is 19.8 Å². The molecule has 2 rings (SSSR count). The maximum atomic E-state index is 12.2. The van der Waals surface area contributed by atoms with Crippen molar-refractivity contribution in [2.75, 3.05) is 13.1 Å². The van der Waals surface area contributed by atoms with E-state index in [9.17, 15) is 4.79 Å². The number of piperidine rings is 1. The van der Waals surface area contributed by atoms with E-state index in [4.69, 9.17) is 0 Å². The Balaban J connectivity index is 0.00000220. The van der Waals surface area contributed by atoms with Gasteiger partial charge < -0.3 is 10.6 Å². The van der Waals surface area contributed by atoms with E-state index in [0.717, 1.165) is 38.0 Å². The van der Waals surface area contributed by atoms with Gasteiger partial charge >= 0.3 is 0 Å². The van der Waals surface area contributed by atoms with Crippen molar-refractivity contribution in [2.24, 2.45) is 13.0 Å². The number of amides is 1. The van der Waals surface area contributed by atoms with Gasteiger partial charge in [0.15, 0.2) is 0 Å². The van der Waals surface area contributed by atoms with E-state index in [0.29, 0.717) is 0 Å². The topological polar surface area (TPSA) is 59.0 Å². The van der Waals surface area contributed by atoms with E-state index < -0.39 is 0 Å². The predicted molar refractivity (Wildman–Crippen MR) is 86.8 cm³/mol. The summed E-state index contributed by atoms with van der Waals surface area (Å²) >= 11 is 0. The molecular formula is C15H27ClN4O. The van der Waals surface area contributed by atoms with Crippen LogP contribution in [0.5, 0.6) is 0 Å². The van der Waals surface area contributed by atoms with Crippen molar-refractivity contribution in [3.8, 4) is 0 Å². The maximum Gasteiger partial charge on any atom is 0.224 e. The van der Waals surface area contributed by atoms with E-state index in [1.165, 1.54) is 11.3 Å². The molecule has 1 amide bonds. The highest BCUT2D eigenvalue weighted by Gasteiger charge is 2.22. The third-order valence-electron chi connectivity index (χ3n) is 4.23. The van der Waals surface area contributed by atoms with Crippen molar-refractivity contribution in [3.05, 3.63) is 17.0 Å². The van der Waals surface area contributed by atoms with Crippen LogP contribution >= 0.6 is 12.4 Å². The van der Waals surface area contributed by atoms with E-state index in [2.05, 4.69) is 29.6 Å². The predicted octanol–water partition coefficient (Wildman–Crippen LogP) is 1.51. The molecule has 120 valence electrons. The summed E-state index contributed by atoms with van der Waals surface area (Å²) in [4.78, 5) is 12.2. The number of carbonyl (C=O) groups is 1. The Hall–Kier alpha value is -1.07. The zero-order valence-electron chi connectivity index (χ0n) is 13.4. The summed E-state index contributed by atoms with van der Waals surface area (Å²) in [7, 11) is 1.96. The molecule has 0 aliphatic carbocycles. The van der Waals surface area contributed by atoms with Crippen LogP contribution in [0.3, 0.4) is 0 Å². The summed E-state index contributed by atoms with van der Waals surface area (Å²) in [5, 5.41) is 10.9. The van der Waals surface area contributed by atoms with Crippen LogP contribution in [0.2, 0.25) is 0 Å². The number of nitrogens with one attached hydrogen (secondary N) is 2. The van der Waals surface area contributed by atoms with Crippen LogP contribution in [0.25, 0.3) is 0 Å². The quantitative estimate of drug-likeness (QED) is 0.885. The summed E-state index contributed by atoms with van der Waals surface area (Å²) in [6.45, 7) is 8.02. The minimum absolute atomic E-state index is 0. The second kappa shape index (κ2) is 7.80. The molecule has 1 aliphatic rings. The number of carbonyl (C=O) groups excluding carboxylic acids is 1. The van der Waals surface area contributed by atoms with Gasteiger partial charge in [0.1, 0.15) is 0 Å². The molecule has 1 saturated heterocycles. The number of hydrogen-bond donors (Lipinski definition) is 2. The van der Waals surface area contributed by atoms with Gasteiger partial charge in [-0.3, -0.25) is 9.48 Å². The fraction of sp³-hybridized carbons (Fsp3) is 0.733. The largest absolute Gasteiger partial charge is 0.353 e. The molecule has 5 nitrogen and oxygen atoms in total. The fourth-order valence-electron chi connectivity index (χ4n) is 2.91. The summed E-state index contributed by atoms with van der Waals surface area (Å²) in [5.41, 5.74) is 3.50. The van der Waals surface area contributed by atoms with Crippen LogP contribution < -0.4 is 10.6 Å². The van der Waals surface area contributed by atoms with Gasteiger partial charge in [0, 0.05) is 25.3 Å². The van der Waals surface area contributed by atoms with Crippen LogP contribution in [0.15, 0.2) is 0 Å². The van der Waals surface area contributed by atoms with Gasteiger partial charge in [-0.25, -0.2) is 0 Å². The van der Waals surface area contributed by atoms with Crippen LogP contribution in [-0.4, -0.2) is 34.8 Å². The van der Waals surface area contributed by atoms with Crippen LogP contribution in [-0.2, 0) is 18.3 Å². The maximum absolute atomic E-state index is 12.2. The van der Waals surface area contributed by atoms with Gasteiger partial charge in [0.05, 0.1) is 11.6 Å². The molecule has 6 heteroatoms. The SMILES string of the molecule is Cc1nn(C)c(C)c1CC(C)NC(=O)C1CCCNC1.Cl. The Labute approximate surface area is 133 Å². The van der Waals surface area contributed by atoms with Crippen molar-refractivity contribution < 1.29 is 4.79 Å². The summed E-state index contributed by atoms with van der Waals surface area (Å²) in [5.74, 6) is 0.311. The summed E-state index contributed by atoms with van der Waals surface area (Å²) < 4.78 is 1.91. The first-order chi connectivity index (χ1) is 9.49. The molecule has 0 spiro atoms. The number of rotatable bonds is 4. The average Bonchev–Trinajstić information content (AvgIpc) is 2.66. The Kier molecular flexibility index (Phi) is 6.68. The lowest BCUT2D eigenvalue weighted by atomic mass is 9.98. The van der Waals surface area contributed by atoms with Crippen molar-refractivity contribution in [1.82, 2.24) is 20.4 Å². The molecule has 2 atom stereocenters. The van der Waals surface area contributed by atoms with Gasteiger partial charge in [-0.15, -0.1) is 12.4 Å². The Bertz CT molecular complexity index is 480. The van der Waals surface area contributed by atoms with Gasteiger partial charge in [0.25, 0.3) is 0 Å². The van der Waals surface area contributed by atoms with Gasteiger partial charge in [-0.1, -0.05) is 0 Å². The normalized spacial score (nSPS) is 19.7. The molecule has 0 radical (unpaired) electrons. The van der Waals surface area contributed by atoms with E-state index >= 15 is 0 Å². The van der Waals surface area contributed by atoms with Gasteiger partial charge in [-0.05, 0) is 52.1 Å². The van der Waals surface area contributed by atoms with E-state index in [1.807, 2.05) is 18.7 Å². The molecule has 0 saturated carbocycles. The third-order valence-corrected chi connectivity index (χ3v) is 4.23. The molecule has 2 heterocycles. The van der Waals surface area contributed by atoms with Crippen LogP contribution in [0.4, 0.5) is 0 Å². The minimum Gasteiger partial charge on any atom is -0.353 e. The Morgan fingerprint density at radius 3 is 2.76 bits per heavy atom. The summed E-state index contributed by atoms with van der Waals surface area (Å²) in [6.07, 6.45) is 2.93. The number of nitrogens with zero attached hydrogens (tertiary/aromatic N) is 2. The first kappa shape index (κ1) is 18.0. The Morgan fingerprint density at radius 1 is 1.52 bits per heavy atom. The first-order valence-electron chi connectivity index (χ1n) is 7.49. The molecule has 1 fully saturated rings. The van der Waals surface area contributed by atoms with Crippen molar-refractivity contribution in [3.63, 3.8) is 0 Å². The molecule has 0 aromatic carbocycles. The highest BCUT2D eigenvalue weighted by atomic mass is 35.5. The highest BCUT2D eigenvalue weighted by Crippen LogP contribution is 2.15. The molecule has 1 aliphatic heterocycles. The van der Waals surface area contributed by atoms with Crippen LogP contribution in [0.1, 0.15) is 36.7 Å². The lowest BCUT2D eigenvalue weighted by Crippen LogP contribution is -2.44. The molecular weight excluding hydrogens is 288 g/mol. The monoisotopic (exact) mass is 314 g/mol. The zero-order valence-corrected chi connectivity index (χ0v) is 14.2. The lowest BCUT2D eigenvalue weighted by molar-refractivity contribution is -0.126. The van der Waals surface area contributed by atoms with Crippen molar-refractivity contribution in [1.29, 1.82) is 0 Å². The molecule has 21 heavy (non-hydrogen) atoms. The molecule has 0 bridgehead atoms. The van der Waals surface area contributed by atoms with E-state index in [1.54, 1.807) is 0 Å². The number of aryl methyl sites for hydroxylation is 2. The second-order valence-corrected chi connectivity index (χ2v) is 5.93. The number of hydrogen-bond acceptors (Lipinski definition) is 3. The van der Waals surface area contributed by atoms with E-state index in [-0.39, 0.29) is 30.3 Å². The summed E-state index contributed by atoms with van der Waals surface area (Å²) in [6, 6.07) is 0.144. The second-order valence-electron chi connectivity index (χ2n) is 5.93. The van der Waals surface area contributed by atoms with Crippen molar-refractivity contribution >= 4 is 18.3 Å². The lowest BCUT2D eigenvalue weighted by Gasteiger charge is -2.24. The zero-order chi connectivity index (χ0) is 14.7. The van der Waals surface area contributed by atoms with Crippen molar-refractivity contribution in [2.45, 2.75) is 46.1 Å². The highest BCUT2D eigenvalue weighted by molar-refractivity contribution is 5.85.